The van der Waals surface area contributed by atoms with Gasteiger partial charge < -0.3 is 29.6 Å². The zero-order valence-electron chi connectivity index (χ0n) is 21.6. The minimum Gasteiger partial charge on any atom is -0.448 e. The van der Waals surface area contributed by atoms with Gasteiger partial charge in [-0.15, -0.1) is 0 Å². The van der Waals surface area contributed by atoms with E-state index >= 15 is 0 Å². The Balaban J connectivity index is 1.37. The summed E-state index contributed by atoms with van der Waals surface area (Å²) < 4.78 is 21.9. The van der Waals surface area contributed by atoms with Gasteiger partial charge in [-0.3, -0.25) is 9.80 Å². The average Bonchev–Trinajstić information content (AvgIpc) is 3.45. The van der Waals surface area contributed by atoms with Crippen molar-refractivity contribution < 1.29 is 28.5 Å². The minimum atomic E-state index is -0.370. The van der Waals surface area contributed by atoms with E-state index in [2.05, 4.69) is 48.1 Å². The molecule has 198 valence electrons. The summed E-state index contributed by atoms with van der Waals surface area (Å²) in [5, 5.41) is 5.59. The third-order valence-electron chi connectivity index (χ3n) is 6.06. The number of unbranched alkanes of at least 4 members (excludes halogenated alkanes) is 3. The smallest absolute Gasteiger partial charge is 0.407 e. The van der Waals surface area contributed by atoms with E-state index in [-0.39, 0.29) is 24.6 Å². The van der Waals surface area contributed by atoms with Crippen molar-refractivity contribution in [2.75, 3.05) is 65.7 Å². The topological polar surface area (TPSA) is 102 Å². The number of hydrogen-bond acceptors (Lipinski definition) is 8. The number of rotatable bonds is 15. The summed E-state index contributed by atoms with van der Waals surface area (Å²) >= 11 is 0. The lowest BCUT2D eigenvalue weighted by molar-refractivity contribution is -0.00851. The van der Waals surface area contributed by atoms with E-state index in [0.717, 1.165) is 52.0 Å². The molecule has 2 rings (SSSR count). The van der Waals surface area contributed by atoms with E-state index in [1.807, 2.05) is 0 Å². The van der Waals surface area contributed by atoms with E-state index in [9.17, 15) is 9.59 Å². The van der Waals surface area contributed by atoms with Gasteiger partial charge in [-0.05, 0) is 24.7 Å². The van der Waals surface area contributed by atoms with Crippen LogP contribution >= 0.6 is 0 Å². The van der Waals surface area contributed by atoms with Crippen molar-refractivity contribution in [2.24, 2.45) is 11.8 Å². The molecule has 10 nitrogen and oxygen atoms in total. The Hall–Kier alpha value is -1.62. The second-order valence-corrected chi connectivity index (χ2v) is 9.62. The van der Waals surface area contributed by atoms with Crippen LogP contribution in [0.25, 0.3) is 0 Å². The summed E-state index contributed by atoms with van der Waals surface area (Å²) in [5.41, 5.74) is 0. The van der Waals surface area contributed by atoms with Crippen LogP contribution < -0.4 is 10.6 Å². The fourth-order valence-electron chi connectivity index (χ4n) is 4.35. The molecule has 0 spiro atoms. The number of alkyl carbamates (subject to hydrolysis) is 2. The van der Waals surface area contributed by atoms with Crippen molar-refractivity contribution in [2.45, 2.75) is 65.8 Å². The van der Waals surface area contributed by atoms with Gasteiger partial charge in [0.25, 0.3) is 0 Å². The first kappa shape index (κ1) is 28.6. The molecule has 0 saturated carbocycles. The van der Waals surface area contributed by atoms with Crippen LogP contribution in [-0.2, 0) is 18.9 Å². The highest BCUT2D eigenvalue weighted by molar-refractivity contribution is 5.67. The SMILES string of the molecule is CC(C)[C@H]1OCCN1CCOC(=O)NCCCCCCNC(=O)OCCN1CCO[C@@H]1C(C)C. The maximum Gasteiger partial charge on any atom is 0.407 e. The largest absolute Gasteiger partial charge is 0.448 e. The summed E-state index contributed by atoms with van der Waals surface area (Å²) in [5.74, 6) is 0.843. The molecule has 0 bridgehead atoms. The van der Waals surface area contributed by atoms with E-state index in [4.69, 9.17) is 18.9 Å². The number of carbonyl (C=O) groups excluding carboxylic acids is 2. The third-order valence-corrected chi connectivity index (χ3v) is 6.06. The number of ether oxygens (including phenoxy) is 4. The Morgan fingerprint density at radius 1 is 0.765 bits per heavy atom. The van der Waals surface area contributed by atoms with Gasteiger partial charge in [0.2, 0.25) is 0 Å². The molecule has 10 heteroatoms. The molecule has 2 fully saturated rings. The van der Waals surface area contributed by atoms with Crippen molar-refractivity contribution in [1.29, 1.82) is 0 Å². The van der Waals surface area contributed by atoms with Gasteiger partial charge in [0, 0.05) is 39.3 Å². The predicted molar refractivity (Wildman–Crippen MR) is 129 cm³/mol. The Kier molecular flexibility index (Phi) is 13.6. The molecular formula is C24H46N4O6. The number of carbonyl (C=O) groups is 2. The second-order valence-electron chi connectivity index (χ2n) is 9.62. The maximum atomic E-state index is 11.8. The summed E-state index contributed by atoms with van der Waals surface area (Å²) in [4.78, 5) is 28.0. The number of hydrogen-bond donors (Lipinski definition) is 2. The van der Waals surface area contributed by atoms with Crippen LogP contribution in [0.1, 0.15) is 53.4 Å². The van der Waals surface area contributed by atoms with Crippen LogP contribution in [0.3, 0.4) is 0 Å². The van der Waals surface area contributed by atoms with E-state index in [1.165, 1.54) is 0 Å². The molecular weight excluding hydrogens is 440 g/mol. The lowest BCUT2D eigenvalue weighted by Crippen LogP contribution is -2.37. The normalized spacial score (nSPS) is 21.4. The van der Waals surface area contributed by atoms with Gasteiger partial charge in [0.05, 0.1) is 13.2 Å². The quantitative estimate of drug-likeness (QED) is 0.341. The van der Waals surface area contributed by atoms with Crippen LogP contribution in [0.2, 0.25) is 0 Å². The number of amides is 2. The molecule has 2 heterocycles. The lowest BCUT2D eigenvalue weighted by Gasteiger charge is -2.25. The standard InChI is InChI=1S/C24H46N4O6/c1-19(2)21-27(11-15-31-21)13-17-33-23(29)25-9-7-5-6-8-10-26-24(30)34-18-14-28-12-16-32-22(28)20(3)4/h19-22H,5-18H2,1-4H3,(H,25,29)(H,26,30)/t21-,22-/m1/s1. The monoisotopic (exact) mass is 486 g/mol. The Morgan fingerprint density at radius 3 is 1.56 bits per heavy atom. The average molecular weight is 487 g/mol. The van der Waals surface area contributed by atoms with E-state index in [1.54, 1.807) is 0 Å². The van der Waals surface area contributed by atoms with E-state index < -0.39 is 0 Å². The first-order chi connectivity index (χ1) is 16.4. The molecule has 2 aliphatic heterocycles. The van der Waals surface area contributed by atoms with Crippen LogP contribution in [0.15, 0.2) is 0 Å². The fraction of sp³-hybridized carbons (Fsp3) is 0.917. The highest BCUT2D eigenvalue weighted by atomic mass is 16.6. The van der Waals surface area contributed by atoms with E-state index in [0.29, 0.717) is 51.2 Å². The molecule has 2 saturated heterocycles. The summed E-state index contributed by atoms with van der Waals surface area (Å²) in [6, 6.07) is 0. The summed E-state index contributed by atoms with van der Waals surface area (Å²) in [6.45, 7) is 15.1. The third kappa shape index (κ3) is 10.8. The van der Waals surface area contributed by atoms with Crippen molar-refractivity contribution in [3.63, 3.8) is 0 Å². The zero-order chi connectivity index (χ0) is 24.8. The Morgan fingerprint density at radius 2 is 1.18 bits per heavy atom. The van der Waals surface area contributed by atoms with Gasteiger partial charge in [0.1, 0.15) is 25.7 Å². The maximum absolute atomic E-state index is 11.8. The predicted octanol–water partition coefficient (Wildman–Crippen LogP) is 2.63. The van der Waals surface area contributed by atoms with Gasteiger partial charge in [0.15, 0.2) is 0 Å². The van der Waals surface area contributed by atoms with Crippen LogP contribution in [-0.4, -0.2) is 100 Å². The summed E-state index contributed by atoms with van der Waals surface area (Å²) in [7, 11) is 0. The van der Waals surface area contributed by atoms with Gasteiger partial charge in [-0.25, -0.2) is 9.59 Å². The van der Waals surface area contributed by atoms with Gasteiger partial charge >= 0.3 is 12.2 Å². The molecule has 0 aliphatic carbocycles. The number of nitrogens with zero attached hydrogens (tertiary/aromatic N) is 2. The first-order valence-corrected chi connectivity index (χ1v) is 12.9. The Bertz CT molecular complexity index is 542. The second kappa shape index (κ2) is 16.1. The molecule has 2 atom stereocenters. The number of nitrogens with one attached hydrogen (secondary N) is 2. The van der Waals surface area contributed by atoms with Crippen molar-refractivity contribution in [3.05, 3.63) is 0 Å². The van der Waals surface area contributed by atoms with Gasteiger partial charge in [-0.2, -0.15) is 0 Å². The van der Waals surface area contributed by atoms with Crippen LogP contribution in [0.4, 0.5) is 9.59 Å². The summed E-state index contributed by atoms with van der Waals surface area (Å²) in [6.07, 6.45) is 3.20. The molecule has 0 aromatic carbocycles. The zero-order valence-corrected chi connectivity index (χ0v) is 21.6. The molecule has 0 radical (unpaired) electrons. The highest BCUT2D eigenvalue weighted by Crippen LogP contribution is 2.18. The van der Waals surface area contributed by atoms with Crippen molar-refractivity contribution >= 4 is 12.2 Å². The van der Waals surface area contributed by atoms with Gasteiger partial charge in [-0.1, -0.05) is 40.5 Å². The van der Waals surface area contributed by atoms with Crippen LogP contribution in [0.5, 0.6) is 0 Å². The molecule has 0 unspecified atom stereocenters. The lowest BCUT2D eigenvalue weighted by atomic mass is 10.2. The highest BCUT2D eigenvalue weighted by Gasteiger charge is 2.28. The minimum absolute atomic E-state index is 0.116. The Labute approximate surface area is 205 Å². The molecule has 2 N–H and O–H groups in total. The molecule has 2 amide bonds. The first-order valence-electron chi connectivity index (χ1n) is 12.9. The van der Waals surface area contributed by atoms with Crippen molar-refractivity contribution in [3.8, 4) is 0 Å². The molecule has 0 aromatic rings. The molecule has 0 aromatic heterocycles. The molecule has 2 aliphatic rings. The fourth-order valence-corrected chi connectivity index (χ4v) is 4.35. The van der Waals surface area contributed by atoms with Crippen molar-refractivity contribution in [1.82, 2.24) is 20.4 Å². The van der Waals surface area contributed by atoms with Crippen LogP contribution in [0, 0.1) is 11.8 Å². The molecule has 34 heavy (non-hydrogen) atoms.